The Hall–Kier alpha value is -1.45. The van der Waals surface area contributed by atoms with Gasteiger partial charge >= 0.3 is 6.18 Å². The predicted molar refractivity (Wildman–Crippen MR) is 58.8 cm³/mol. The van der Waals surface area contributed by atoms with Gasteiger partial charge in [-0.25, -0.2) is 0 Å². The molecule has 1 N–H and O–H groups in total. The van der Waals surface area contributed by atoms with E-state index in [1.54, 1.807) is 0 Å². The van der Waals surface area contributed by atoms with Crippen molar-refractivity contribution in [2.24, 2.45) is 0 Å². The molecular formula is C13H13F3O. The summed E-state index contributed by atoms with van der Waals surface area (Å²) in [6, 6.07) is 3.08. The number of rotatable bonds is 1. The normalized spacial score (nSPS) is 20.5. The zero-order chi connectivity index (χ0) is 12.5. The van der Waals surface area contributed by atoms with E-state index in [0.29, 0.717) is 5.56 Å². The van der Waals surface area contributed by atoms with E-state index in [4.69, 9.17) is 0 Å². The highest BCUT2D eigenvalue weighted by molar-refractivity contribution is 5.41. The molecule has 0 spiro atoms. The molecule has 1 unspecified atom stereocenters. The Morgan fingerprint density at radius 3 is 2.59 bits per heavy atom. The molecule has 4 heteroatoms. The zero-order valence-electron chi connectivity index (χ0n) is 9.17. The van der Waals surface area contributed by atoms with E-state index in [2.05, 4.69) is 0 Å². The Morgan fingerprint density at radius 2 is 2.00 bits per heavy atom. The van der Waals surface area contributed by atoms with Crippen molar-refractivity contribution in [1.29, 1.82) is 0 Å². The highest BCUT2D eigenvalue weighted by Crippen LogP contribution is 2.38. The lowest BCUT2D eigenvalue weighted by atomic mass is 9.88. The maximum atomic E-state index is 12.6. The Balaban J connectivity index is 2.38. The molecule has 1 aromatic carbocycles. The predicted octanol–water partition coefficient (Wildman–Crippen LogP) is 4.23. The fraction of sp³-hybridized carbons (Fsp3) is 0.385. The average molecular weight is 242 g/mol. The van der Waals surface area contributed by atoms with Gasteiger partial charge in [0.15, 0.2) is 0 Å². The maximum absolute atomic E-state index is 12.6. The molecule has 1 nitrogen and oxygen atoms in total. The summed E-state index contributed by atoms with van der Waals surface area (Å²) in [4.78, 5) is 0. The third-order valence-corrected chi connectivity index (χ3v) is 3.01. The van der Waals surface area contributed by atoms with E-state index in [-0.39, 0.29) is 11.7 Å². The number of phenolic OH excluding ortho intramolecular Hbond substituents is 1. The van der Waals surface area contributed by atoms with E-state index >= 15 is 0 Å². The first-order valence-electron chi connectivity index (χ1n) is 5.55. The summed E-state index contributed by atoms with van der Waals surface area (Å²) < 4.78 is 37.7. The van der Waals surface area contributed by atoms with Gasteiger partial charge in [-0.1, -0.05) is 12.2 Å². The molecule has 0 saturated heterocycles. The molecular weight excluding hydrogens is 229 g/mol. The quantitative estimate of drug-likeness (QED) is 0.730. The van der Waals surface area contributed by atoms with Crippen molar-refractivity contribution < 1.29 is 18.3 Å². The monoisotopic (exact) mass is 242 g/mol. The van der Waals surface area contributed by atoms with Gasteiger partial charge in [0.25, 0.3) is 0 Å². The van der Waals surface area contributed by atoms with Crippen LogP contribution in [-0.2, 0) is 6.18 Å². The van der Waals surface area contributed by atoms with Gasteiger partial charge in [-0.2, -0.15) is 13.2 Å². The average Bonchev–Trinajstić information content (AvgIpc) is 2.29. The molecule has 1 aliphatic carbocycles. The van der Waals surface area contributed by atoms with Crippen LogP contribution in [0.15, 0.2) is 30.4 Å². The number of phenols is 1. The summed E-state index contributed by atoms with van der Waals surface area (Å²) in [5.74, 6) is -0.166. The Morgan fingerprint density at radius 1 is 1.24 bits per heavy atom. The van der Waals surface area contributed by atoms with E-state index in [0.717, 1.165) is 37.5 Å². The minimum atomic E-state index is -4.36. The molecule has 0 amide bonds. The number of hydrogen-bond acceptors (Lipinski definition) is 1. The van der Waals surface area contributed by atoms with Crippen LogP contribution in [0.2, 0.25) is 0 Å². The highest BCUT2D eigenvalue weighted by atomic mass is 19.4. The minimum absolute atomic E-state index is 0.0606. The first-order chi connectivity index (χ1) is 7.98. The lowest BCUT2D eigenvalue weighted by Gasteiger charge is -2.19. The van der Waals surface area contributed by atoms with Gasteiger partial charge in [0.1, 0.15) is 5.75 Å². The van der Waals surface area contributed by atoms with Crippen LogP contribution in [0.5, 0.6) is 5.75 Å². The number of hydrogen-bond donors (Lipinski definition) is 1. The second kappa shape index (κ2) is 4.43. The summed E-state index contributed by atoms with van der Waals surface area (Å²) in [5.41, 5.74) is -0.333. The molecule has 0 radical (unpaired) electrons. The molecule has 0 aliphatic heterocycles. The summed E-state index contributed by atoms with van der Waals surface area (Å²) in [6.07, 6.45) is 2.14. The summed E-state index contributed by atoms with van der Waals surface area (Å²) in [6.45, 7) is 0. The summed E-state index contributed by atoms with van der Waals surface area (Å²) in [5, 5.41) is 9.65. The first kappa shape index (κ1) is 12.0. The molecule has 0 heterocycles. The summed E-state index contributed by atoms with van der Waals surface area (Å²) >= 11 is 0. The van der Waals surface area contributed by atoms with Crippen molar-refractivity contribution in [2.75, 3.05) is 0 Å². The van der Waals surface area contributed by atoms with E-state index in [1.165, 1.54) is 0 Å². The number of alkyl halides is 3. The number of aromatic hydroxyl groups is 1. The Bertz CT molecular complexity index is 435. The maximum Gasteiger partial charge on any atom is 0.416 e. The van der Waals surface area contributed by atoms with Crippen LogP contribution in [0.4, 0.5) is 13.2 Å². The van der Waals surface area contributed by atoms with E-state index in [1.807, 2.05) is 12.2 Å². The van der Waals surface area contributed by atoms with Gasteiger partial charge in [0.05, 0.1) is 5.56 Å². The van der Waals surface area contributed by atoms with Crippen LogP contribution < -0.4 is 0 Å². The highest BCUT2D eigenvalue weighted by Gasteiger charge is 2.31. The van der Waals surface area contributed by atoms with Gasteiger partial charge in [-0.05, 0) is 37.5 Å². The van der Waals surface area contributed by atoms with Gasteiger partial charge in [-0.15, -0.1) is 0 Å². The Kier molecular flexibility index (Phi) is 3.13. The standard InChI is InChI=1S/C13H13F3O/c14-13(15,16)10-6-7-12(17)11(8-10)9-4-2-1-3-5-9/h2,4,6-9,17H,1,3,5H2. The van der Waals surface area contributed by atoms with Gasteiger partial charge in [0.2, 0.25) is 0 Å². The van der Waals surface area contributed by atoms with Gasteiger partial charge in [-0.3, -0.25) is 0 Å². The summed E-state index contributed by atoms with van der Waals surface area (Å²) in [7, 11) is 0. The number of allylic oxidation sites excluding steroid dienone is 2. The van der Waals surface area contributed by atoms with Crippen molar-refractivity contribution in [3.05, 3.63) is 41.5 Å². The van der Waals surface area contributed by atoms with Crippen LogP contribution in [0, 0.1) is 0 Å². The molecule has 1 aromatic rings. The van der Waals surface area contributed by atoms with Crippen molar-refractivity contribution in [2.45, 2.75) is 31.4 Å². The van der Waals surface area contributed by atoms with Crippen LogP contribution in [-0.4, -0.2) is 5.11 Å². The molecule has 17 heavy (non-hydrogen) atoms. The minimum Gasteiger partial charge on any atom is -0.508 e. The lowest BCUT2D eigenvalue weighted by Crippen LogP contribution is -2.07. The van der Waals surface area contributed by atoms with Crippen LogP contribution in [0.25, 0.3) is 0 Å². The largest absolute Gasteiger partial charge is 0.508 e. The SMILES string of the molecule is Oc1ccc(C(F)(F)F)cc1C1C=CCCC1. The van der Waals surface area contributed by atoms with Gasteiger partial charge in [0, 0.05) is 11.5 Å². The topological polar surface area (TPSA) is 20.2 Å². The van der Waals surface area contributed by atoms with E-state index < -0.39 is 11.7 Å². The molecule has 1 aliphatic rings. The number of halogens is 3. The van der Waals surface area contributed by atoms with Crippen molar-refractivity contribution in [3.63, 3.8) is 0 Å². The molecule has 0 aromatic heterocycles. The second-order valence-corrected chi connectivity index (χ2v) is 4.24. The van der Waals surface area contributed by atoms with Gasteiger partial charge < -0.3 is 5.11 Å². The fourth-order valence-electron chi connectivity index (χ4n) is 2.10. The zero-order valence-corrected chi connectivity index (χ0v) is 9.17. The molecule has 92 valence electrons. The van der Waals surface area contributed by atoms with Crippen LogP contribution >= 0.6 is 0 Å². The molecule has 0 bridgehead atoms. The van der Waals surface area contributed by atoms with Crippen molar-refractivity contribution in [1.82, 2.24) is 0 Å². The van der Waals surface area contributed by atoms with Crippen LogP contribution in [0.3, 0.4) is 0 Å². The fourth-order valence-corrected chi connectivity index (χ4v) is 2.10. The third kappa shape index (κ3) is 2.62. The third-order valence-electron chi connectivity index (χ3n) is 3.01. The van der Waals surface area contributed by atoms with E-state index in [9.17, 15) is 18.3 Å². The van der Waals surface area contributed by atoms with Crippen molar-refractivity contribution in [3.8, 4) is 5.75 Å². The molecule has 2 rings (SSSR count). The molecule has 0 saturated carbocycles. The van der Waals surface area contributed by atoms with Crippen molar-refractivity contribution >= 4 is 0 Å². The molecule has 0 fully saturated rings. The van der Waals surface area contributed by atoms with Crippen LogP contribution in [0.1, 0.15) is 36.3 Å². The lowest BCUT2D eigenvalue weighted by molar-refractivity contribution is -0.137. The second-order valence-electron chi connectivity index (χ2n) is 4.24. The number of benzene rings is 1. The molecule has 1 atom stereocenters. The first-order valence-corrected chi connectivity index (χ1v) is 5.55. The Labute approximate surface area is 97.6 Å². The smallest absolute Gasteiger partial charge is 0.416 e.